The molecule has 0 aliphatic heterocycles. The average Bonchev–Trinajstić information content (AvgIpc) is 2.70. The zero-order valence-electron chi connectivity index (χ0n) is 9.77. The van der Waals surface area contributed by atoms with E-state index in [1.165, 1.54) is 4.88 Å². The minimum atomic E-state index is -0.752. The van der Waals surface area contributed by atoms with E-state index in [0.717, 1.165) is 12.8 Å². The summed E-state index contributed by atoms with van der Waals surface area (Å²) in [4.78, 5) is 12.3. The van der Waals surface area contributed by atoms with Crippen LogP contribution in [0, 0.1) is 5.92 Å². The Morgan fingerprint density at radius 2 is 2.38 bits per heavy atom. The molecule has 0 radical (unpaired) electrons. The van der Waals surface area contributed by atoms with E-state index in [1.54, 1.807) is 11.3 Å². The van der Waals surface area contributed by atoms with Crippen LogP contribution in [-0.4, -0.2) is 17.1 Å². The second kappa shape index (κ2) is 6.66. The lowest BCUT2D eigenvalue weighted by Gasteiger charge is -2.20. The van der Waals surface area contributed by atoms with E-state index in [4.69, 9.17) is 5.11 Å². The van der Waals surface area contributed by atoms with E-state index in [0.29, 0.717) is 6.54 Å². The lowest BCUT2D eigenvalue weighted by Crippen LogP contribution is -2.41. The first kappa shape index (κ1) is 13.2. The minimum absolute atomic E-state index is 0.169. The third-order valence-corrected chi connectivity index (χ3v) is 3.53. The summed E-state index contributed by atoms with van der Waals surface area (Å²) in [6, 6.07) is 3.55. The molecule has 0 aromatic carbocycles. The molecule has 1 aromatic rings. The molecule has 0 saturated heterocycles. The molecule has 90 valence electrons. The highest BCUT2D eigenvalue weighted by Crippen LogP contribution is 2.13. The first-order valence-electron chi connectivity index (χ1n) is 5.63. The summed E-state index contributed by atoms with van der Waals surface area (Å²) in [5, 5.41) is 14.3. The van der Waals surface area contributed by atoms with Crippen molar-refractivity contribution in [2.45, 2.75) is 39.3 Å². The summed E-state index contributed by atoms with van der Waals surface area (Å²) in [6.07, 6.45) is 1.96. The molecule has 0 saturated carbocycles. The van der Waals surface area contributed by atoms with Gasteiger partial charge in [-0.15, -0.1) is 11.3 Å². The number of thiophene rings is 1. The molecule has 2 N–H and O–H groups in total. The van der Waals surface area contributed by atoms with Crippen LogP contribution in [-0.2, 0) is 11.3 Å². The van der Waals surface area contributed by atoms with Crippen molar-refractivity contribution < 1.29 is 9.90 Å². The van der Waals surface area contributed by atoms with Crippen LogP contribution < -0.4 is 5.32 Å². The number of carboxylic acid groups (broad SMARTS) is 1. The standard InChI is InChI=1S/C12H19NO2S/c1-3-5-9(2)11(12(14)15)13-8-10-6-4-7-16-10/h4,6-7,9,11,13H,3,5,8H2,1-2H3,(H,14,15). The summed E-state index contributed by atoms with van der Waals surface area (Å²) in [5.41, 5.74) is 0. The number of hydrogen-bond donors (Lipinski definition) is 2. The van der Waals surface area contributed by atoms with Crippen molar-refractivity contribution in [1.82, 2.24) is 5.32 Å². The second-order valence-corrected chi connectivity index (χ2v) is 5.07. The molecule has 0 amide bonds. The van der Waals surface area contributed by atoms with Gasteiger partial charge in [0, 0.05) is 11.4 Å². The van der Waals surface area contributed by atoms with Gasteiger partial charge in [0.2, 0.25) is 0 Å². The zero-order chi connectivity index (χ0) is 12.0. The number of nitrogens with one attached hydrogen (secondary N) is 1. The fourth-order valence-electron chi connectivity index (χ4n) is 1.78. The summed E-state index contributed by atoms with van der Waals surface area (Å²) in [7, 11) is 0. The Balaban J connectivity index is 2.48. The third-order valence-electron chi connectivity index (χ3n) is 2.66. The summed E-state index contributed by atoms with van der Waals surface area (Å²) in [5.74, 6) is -0.583. The smallest absolute Gasteiger partial charge is 0.320 e. The van der Waals surface area contributed by atoms with Gasteiger partial charge in [-0.1, -0.05) is 26.3 Å². The molecule has 0 fully saturated rings. The van der Waals surface area contributed by atoms with Gasteiger partial charge in [0.15, 0.2) is 0 Å². The van der Waals surface area contributed by atoms with Gasteiger partial charge in [-0.05, 0) is 23.8 Å². The molecule has 1 heterocycles. The molecular weight excluding hydrogens is 222 g/mol. The van der Waals surface area contributed by atoms with E-state index in [9.17, 15) is 4.79 Å². The average molecular weight is 241 g/mol. The van der Waals surface area contributed by atoms with Crippen LogP contribution in [0.15, 0.2) is 17.5 Å². The van der Waals surface area contributed by atoms with E-state index in [-0.39, 0.29) is 5.92 Å². The topological polar surface area (TPSA) is 49.3 Å². The number of hydrogen-bond acceptors (Lipinski definition) is 3. The van der Waals surface area contributed by atoms with Gasteiger partial charge in [0.25, 0.3) is 0 Å². The molecule has 0 spiro atoms. The van der Waals surface area contributed by atoms with Crippen molar-refractivity contribution in [3.05, 3.63) is 22.4 Å². The van der Waals surface area contributed by atoms with Gasteiger partial charge in [0.1, 0.15) is 6.04 Å². The highest BCUT2D eigenvalue weighted by atomic mass is 32.1. The summed E-state index contributed by atoms with van der Waals surface area (Å²) in [6.45, 7) is 4.71. The Bertz CT molecular complexity index is 311. The van der Waals surface area contributed by atoms with E-state index >= 15 is 0 Å². The maximum Gasteiger partial charge on any atom is 0.320 e. The minimum Gasteiger partial charge on any atom is -0.480 e. The molecule has 4 heteroatoms. The van der Waals surface area contributed by atoms with Crippen molar-refractivity contribution in [2.24, 2.45) is 5.92 Å². The van der Waals surface area contributed by atoms with Crippen LogP contribution >= 0.6 is 11.3 Å². The third kappa shape index (κ3) is 3.94. The molecule has 0 aliphatic rings. The number of carboxylic acids is 1. The van der Waals surface area contributed by atoms with Crippen molar-refractivity contribution >= 4 is 17.3 Å². The maximum atomic E-state index is 11.1. The van der Waals surface area contributed by atoms with Crippen LogP contribution in [0.5, 0.6) is 0 Å². The van der Waals surface area contributed by atoms with E-state index < -0.39 is 12.0 Å². The fourth-order valence-corrected chi connectivity index (χ4v) is 2.43. The lowest BCUT2D eigenvalue weighted by atomic mass is 9.97. The van der Waals surface area contributed by atoms with Crippen LogP contribution in [0.2, 0.25) is 0 Å². The SMILES string of the molecule is CCCC(C)C(NCc1cccs1)C(=O)O. The predicted molar refractivity (Wildman–Crippen MR) is 66.7 cm³/mol. The van der Waals surface area contributed by atoms with Crippen molar-refractivity contribution in [3.63, 3.8) is 0 Å². The normalized spacial score (nSPS) is 14.6. The Morgan fingerprint density at radius 3 is 2.88 bits per heavy atom. The molecule has 0 bridgehead atoms. The van der Waals surface area contributed by atoms with Crippen molar-refractivity contribution in [1.29, 1.82) is 0 Å². The largest absolute Gasteiger partial charge is 0.480 e. The van der Waals surface area contributed by atoms with Gasteiger partial charge in [-0.3, -0.25) is 10.1 Å². The van der Waals surface area contributed by atoms with Gasteiger partial charge >= 0.3 is 5.97 Å². The van der Waals surface area contributed by atoms with Gasteiger partial charge in [0.05, 0.1) is 0 Å². The molecule has 16 heavy (non-hydrogen) atoms. The highest BCUT2D eigenvalue weighted by molar-refractivity contribution is 7.09. The second-order valence-electron chi connectivity index (χ2n) is 4.04. The molecule has 2 unspecified atom stereocenters. The van der Waals surface area contributed by atoms with E-state index in [2.05, 4.69) is 12.2 Å². The molecule has 3 nitrogen and oxygen atoms in total. The molecule has 1 aromatic heterocycles. The number of carbonyl (C=O) groups is 1. The first-order valence-corrected chi connectivity index (χ1v) is 6.51. The summed E-state index contributed by atoms with van der Waals surface area (Å²) >= 11 is 1.65. The van der Waals surface area contributed by atoms with Gasteiger partial charge in [-0.25, -0.2) is 0 Å². The zero-order valence-corrected chi connectivity index (χ0v) is 10.6. The number of aliphatic carboxylic acids is 1. The molecule has 2 atom stereocenters. The highest BCUT2D eigenvalue weighted by Gasteiger charge is 2.23. The quantitative estimate of drug-likeness (QED) is 0.771. The Morgan fingerprint density at radius 1 is 1.62 bits per heavy atom. The van der Waals surface area contributed by atoms with Crippen LogP contribution in [0.25, 0.3) is 0 Å². The maximum absolute atomic E-state index is 11.1. The van der Waals surface area contributed by atoms with Crippen LogP contribution in [0.3, 0.4) is 0 Å². The van der Waals surface area contributed by atoms with Crippen molar-refractivity contribution in [2.75, 3.05) is 0 Å². The number of rotatable bonds is 7. The first-order chi connectivity index (χ1) is 7.65. The molecular formula is C12H19NO2S. The van der Waals surface area contributed by atoms with Gasteiger partial charge < -0.3 is 5.11 Å². The monoisotopic (exact) mass is 241 g/mol. The van der Waals surface area contributed by atoms with E-state index in [1.807, 2.05) is 24.4 Å². The molecule has 0 aliphatic carbocycles. The van der Waals surface area contributed by atoms with Crippen LogP contribution in [0.1, 0.15) is 31.6 Å². The Labute approximate surface area is 100 Å². The lowest BCUT2D eigenvalue weighted by molar-refractivity contribution is -0.140. The Kier molecular flexibility index (Phi) is 5.49. The Hall–Kier alpha value is -0.870. The molecule has 1 rings (SSSR count). The predicted octanol–water partition coefficient (Wildman–Crippen LogP) is 2.73. The van der Waals surface area contributed by atoms with Crippen molar-refractivity contribution in [3.8, 4) is 0 Å². The van der Waals surface area contributed by atoms with Crippen LogP contribution in [0.4, 0.5) is 0 Å². The summed E-state index contributed by atoms with van der Waals surface area (Å²) < 4.78 is 0. The fraction of sp³-hybridized carbons (Fsp3) is 0.583. The van der Waals surface area contributed by atoms with Gasteiger partial charge in [-0.2, -0.15) is 0 Å².